The summed E-state index contributed by atoms with van der Waals surface area (Å²) < 4.78 is 5.86. The molecule has 13 heavy (non-hydrogen) atoms. The van der Waals surface area contributed by atoms with Crippen molar-refractivity contribution in [3.8, 4) is 0 Å². The molecule has 72 valence electrons. The van der Waals surface area contributed by atoms with Crippen molar-refractivity contribution in [1.82, 2.24) is 0 Å². The molecule has 0 saturated heterocycles. The zero-order valence-corrected chi connectivity index (χ0v) is 11.0. The fourth-order valence-corrected chi connectivity index (χ4v) is 1.66. The molecule has 0 N–H and O–H groups in total. The van der Waals surface area contributed by atoms with E-state index < -0.39 is 8.32 Å². The molecule has 0 saturated carbocycles. The summed E-state index contributed by atoms with van der Waals surface area (Å²) >= 11 is 0. The van der Waals surface area contributed by atoms with Crippen LogP contribution in [0, 0.1) is 6.58 Å². The van der Waals surface area contributed by atoms with Gasteiger partial charge in [0.1, 0.15) is 0 Å². The van der Waals surface area contributed by atoms with Gasteiger partial charge in [-0.1, -0.05) is 20.8 Å². The van der Waals surface area contributed by atoms with E-state index in [0.717, 1.165) is 13.0 Å². The second-order valence-corrected chi connectivity index (χ2v) is 9.44. The Morgan fingerprint density at radius 2 is 1.77 bits per heavy atom. The molecule has 0 aromatic heterocycles. The van der Waals surface area contributed by atoms with Crippen LogP contribution in [0.3, 0.4) is 0 Å². The maximum absolute atomic E-state index is 5.86. The van der Waals surface area contributed by atoms with Crippen LogP contribution in [0.5, 0.6) is 0 Å². The van der Waals surface area contributed by atoms with Crippen LogP contribution in [0.2, 0.25) is 18.1 Å². The number of rotatable bonds is 4. The maximum Gasteiger partial charge on any atom is 1.00 e. The van der Waals surface area contributed by atoms with Gasteiger partial charge in [-0.2, -0.15) is 0 Å². The standard InChI is InChI=1S/C10H21OSi.Li/c1-7-8-9-11-12(5,6)10(2,3)4;/h1,7H,8-9H2,2-6H3;/q-1;+1. The van der Waals surface area contributed by atoms with Crippen LogP contribution in [0.25, 0.3) is 0 Å². The van der Waals surface area contributed by atoms with E-state index in [9.17, 15) is 0 Å². The van der Waals surface area contributed by atoms with Crippen LogP contribution in [0.15, 0.2) is 6.08 Å². The molecule has 0 heterocycles. The molecule has 0 aromatic carbocycles. The predicted molar refractivity (Wildman–Crippen MR) is 56.6 cm³/mol. The van der Waals surface area contributed by atoms with Crippen molar-refractivity contribution in [3.63, 3.8) is 0 Å². The molecule has 0 atom stereocenters. The van der Waals surface area contributed by atoms with Gasteiger partial charge < -0.3 is 11.0 Å². The first-order valence-electron chi connectivity index (χ1n) is 4.48. The molecule has 0 aliphatic rings. The van der Waals surface area contributed by atoms with E-state index >= 15 is 0 Å². The third-order valence-electron chi connectivity index (χ3n) is 2.55. The quantitative estimate of drug-likeness (QED) is 0.356. The Morgan fingerprint density at radius 3 is 2.08 bits per heavy atom. The van der Waals surface area contributed by atoms with Crippen molar-refractivity contribution in [2.24, 2.45) is 0 Å². The largest absolute Gasteiger partial charge is 1.00 e. The van der Waals surface area contributed by atoms with Crippen LogP contribution < -0.4 is 18.9 Å². The van der Waals surface area contributed by atoms with Gasteiger partial charge in [0.25, 0.3) is 0 Å². The summed E-state index contributed by atoms with van der Waals surface area (Å²) in [6, 6.07) is 0. The van der Waals surface area contributed by atoms with E-state index in [1.165, 1.54) is 0 Å². The van der Waals surface area contributed by atoms with Gasteiger partial charge in [0.2, 0.25) is 0 Å². The Kier molecular flexibility index (Phi) is 7.47. The second-order valence-electron chi connectivity index (χ2n) is 4.63. The molecule has 0 spiro atoms. The maximum atomic E-state index is 5.86. The monoisotopic (exact) mass is 192 g/mol. The van der Waals surface area contributed by atoms with Crippen LogP contribution >= 0.6 is 0 Å². The summed E-state index contributed by atoms with van der Waals surface area (Å²) in [6.07, 6.45) is 2.51. The Hall–Kier alpha value is 0.514. The van der Waals surface area contributed by atoms with Crippen LogP contribution in [0.4, 0.5) is 0 Å². The average Bonchev–Trinajstić information content (AvgIpc) is 1.85. The predicted octanol–water partition coefficient (Wildman–Crippen LogP) is 0.391. The molecule has 0 amide bonds. The van der Waals surface area contributed by atoms with Crippen LogP contribution in [-0.4, -0.2) is 14.9 Å². The van der Waals surface area contributed by atoms with Crippen molar-refractivity contribution in [1.29, 1.82) is 0 Å². The Bertz CT molecular complexity index is 149. The van der Waals surface area contributed by atoms with Gasteiger partial charge in [-0.25, -0.2) is 0 Å². The first-order chi connectivity index (χ1) is 5.31. The van der Waals surface area contributed by atoms with Gasteiger partial charge in [0, 0.05) is 6.61 Å². The van der Waals surface area contributed by atoms with Gasteiger partial charge in [-0.15, -0.1) is 0 Å². The number of hydrogen-bond acceptors (Lipinski definition) is 1. The Labute approximate surface area is 96.2 Å². The first kappa shape index (κ1) is 16.0. The molecule has 3 heteroatoms. The minimum atomic E-state index is -1.52. The van der Waals surface area contributed by atoms with Crippen molar-refractivity contribution < 1.29 is 23.3 Å². The smallest absolute Gasteiger partial charge is 0.518 e. The molecule has 0 unspecified atom stereocenters. The molecular formula is C10H21LiOSi. The molecule has 0 aromatic rings. The van der Waals surface area contributed by atoms with Gasteiger partial charge in [0.05, 0.1) is 0 Å². The van der Waals surface area contributed by atoms with Crippen molar-refractivity contribution in [2.45, 2.75) is 45.3 Å². The number of hydrogen-bond donors (Lipinski definition) is 0. The molecule has 0 aliphatic carbocycles. The van der Waals surface area contributed by atoms with Gasteiger partial charge in [-0.05, 0) is 24.6 Å². The average molecular weight is 192 g/mol. The molecule has 0 aliphatic heterocycles. The fourth-order valence-electron chi connectivity index (χ4n) is 0.599. The van der Waals surface area contributed by atoms with E-state index in [1.54, 1.807) is 6.08 Å². The SMILES string of the molecule is [CH-]=CCCO[Si](C)(C)C(C)(C)C.[Li+]. The van der Waals surface area contributed by atoms with Crippen molar-refractivity contribution in [2.75, 3.05) is 6.61 Å². The third-order valence-corrected chi connectivity index (χ3v) is 7.09. The van der Waals surface area contributed by atoms with Gasteiger partial charge in [0.15, 0.2) is 8.32 Å². The van der Waals surface area contributed by atoms with Crippen molar-refractivity contribution in [3.05, 3.63) is 12.7 Å². The fraction of sp³-hybridized carbons (Fsp3) is 0.800. The second kappa shape index (κ2) is 6.08. The topological polar surface area (TPSA) is 9.23 Å². The molecule has 0 bridgehead atoms. The molecule has 1 nitrogen and oxygen atoms in total. The Morgan fingerprint density at radius 1 is 1.31 bits per heavy atom. The molecule has 0 fully saturated rings. The summed E-state index contributed by atoms with van der Waals surface area (Å²) in [5.74, 6) is 0. The van der Waals surface area contributed by atoms with E-state index in [1.807, 2.05) is 0 Å². The Balaban J connectivity index is 0. The third kappa shape index (κ3) is 5.75. The van der Waals surface area contributed by atoms with E-state index in [-0.39, 0.29) is 18.9 Å². The molecular weight excluding hydrogens is 171 g/mol. The molecule has 0 rings (SSSR count). The van der Waals surface area contributed by atoms with E-state index in [0.29, 0.717) is 5.04 Å². The van der Waals surface area contributed by atoms with Crippen LogP contribution in [0.1, 0.15) is 27.2 Å². The molecule has 0 radical (unpaired) electrons. The van der Waals surface area contributed by atoms with Crippen molar-refractivity contribution >= 4 is 8.32 Å². The first-order valence-corrected chi connectivity index (χ1v) is 7.39. The van der Waals surface area contributed by atoms with E-state index in [2.05, 4.69) is 33.9 Å². The van der Waals surface area contributed by atoms with E-state index in [4.69, 9.17) is 11.0 Å². The minimum Gasteiger partial charge on any atom is -0.518 e. The van der Waals surface area contributed by atoms with Gasteiger partial charge >= 0.3 is 18.9 Å². The normalized spacial score (nSPS) is 12.1. The summed E-state index contributed by atoms with van der Waals surface area (Å²) in [6.45, 7) is 17.3. The van der Waals surface area contributed by atoms with Gasteiger partial charge in [-0.3, -0.25) is 6.08 Å². The zero-order chi connectivity index (χ0) is 9.83. The minimum absolute atomic E-state index is 0. The van der Waals surface area contributed by atoms with Crippen LogP contribution in [-0.2, 0) is 4.43 Å². The summed E-state index contributed by atoms with van der Waals surface area (Å²) in [5.41, 5.74) is 0. The summed E-state index contributed by atoms with van der Waals surface area (Å²) in [5, 5.41) is 0.307. The summed E-state index contributed by atoms with van der Waals surface area (Å²) in [4.78, 5) is 0. The summed E-state index contributed by atoms with van der Waals surface area (Å²) in [7, 11) is -1.52. The zero-order valence-electron chi connectivity index (χ0n) is 9.98.